The molecule has 0 spiro atoms. The van der Waals surface area contributed by atoms with Crippen molar-refractivity contribution in [3.05, 3.63) is 52.0 Å². The molecule has 1 N–H and O–H groups in total. The lowest BCUT2D eigenvalue weighted by molar-refractivity contribution is -0.137. The van der Waals surface area contributed by atoms with Crippen molar-refractivity contribution in [3.8, 4) is 0 Å². The Hall–Kier alpha value is -2.94. The van der Waals surface area contributed by atoms with Gasteiger partial charge in [-0.1, -0.05) is 12.1 Å². The molecular formula is C21H21F3N4OS. The van der Waals surface area contributed by atoms with Crippen LogP contribution in [0.3, 0.4) is 0 Å². The number of hydrogen-bond donors (Lipinski definition) is 1. The molecule has 1 aromatic carbocycles. The highest BCUT2D eigenvalue weighted by Gasteiger charge is 2.29. The number of anilines is 2. The second kappa shape index (κ2) is 8.43. The number of nitrogens with zero attached hydrogens (tertiary/aromatic N) is 3. The second-order valence-electron chi connectivity index (χ2n) is 7.03. The Kier molecular flexibility index (Phi) is 6.12. The van der Waals surface area contributed by atoms with Crippen LogP contribution in [-0.2, 0) is 12.7 Å². The number of benzene rings is 1. The largest absolute Gasteiger partial charge is 0.416 e. The van der Waals surface area contributed by atoms with E-state index in [4.69, 9.17) is 0 Å². The van der Waals surface area contributed by atoms with Crippen molar-refractivity contribution in [2.45, 2.75) is 26.6 Å². The molecule has 0 fully saturated rings. The van der Waals surface area contributed by atoms with Crippen LogP contribution in [0.4, 0.5) is 24.5 Å². The van der Waals surface area contributed by atoms with Gasteiger partial charge in [0.2, 0.25) is 0 Å². The number of fused-ring (bicyclic) bond motifs is 1. The molecule has 9 heteroatoms. The highest BCUT2D eigenvalue weighted by Crippen LogP contribution is 2.40. The summed E-state index contributed by atoms with van der Waals surface area (Å²) in [6, 6.07) is 6.82. The van der Waals surface area contributed by atoms with E-state index in [0.717, 1.165) is 33.7 Å². The number of halogens is 3. The summed E-state index contributed by atoms with van der Waals surface area (Å²) in [7, 11) is 3.84. The summed E-state index contributed by atoms with van der Waals surface area (Å²) in [4.78, 5) is 24.2. The molecule has 0 saturated heterocycles. The minimum atomic E-state index is -4.36. The fourth-order valence-corrected chi connectivity index (χ4v) is 4.10. The molecule has 0 radical (unpaired) electrons. The molecule has 0 aliphatic heterocycles. The van der Waals surface area contributed by atoms with Gasteiger partial charge in [-0.15, -0.1) is 11.3 Å². The van der Waals surface area contributed by atoms with Crippen LogP contribution in [0, 0.1) is 6.92 Å². The normalized spacial score (nSPS) is 12.0. The van der Waals surface area contributed by atoms with Crippen molar-refractivity contribution in [3.63, 3.8) is 0 Å². The number of Topliss-reactive ketones (excluding diaryl/α,β-unsaturated/α-hetero) is 1. The lowest BCUT2D eigenvalue weighted by Crippen LogP contribution is -2.10. The van der Waals surface area contributed by atoms with Gasteiger partial charge in [0, 0.05) is 26.7 Å². The van der Waals surface area contributed by atoms with E-state index in [2.05, 4.69) is 15.3 Å². The fraction of sp³-hybridized carbons (Fsp3) is 0.286. The maximum atomic E-state index is 12.7. The van der Waals surface area contributed by atoms with Crippen molar-refractivity contribution in [2.75, 3.05) is 24.3 Å². The monoisotopic (exact) mass is 434 g/mol. The van der Waals surface area contributed by atoms with Crippen LogP contribution in [0.5, 0.6) is 0 Å². The zero-order chi connectivity index (χ0) is 22.1. The topological polar surface area (TPSA) is 57.6 Å². The van der Waals surface area contributed by atoms with Crippen LogP contribution >= 0.6 is 11.3 Å². The van der Waals surface area contributed by atoms with Gasteiger partial charge < -0.3 is 10.2 Å². The van der Waals surface area contributed by atoms with E-state index < -0.39 is 11.7 Å². The van der Waals surface area contributed by atoms with Gasteiger partial charge in [0.15, 0.2) is 5.78 Å². The molecule has 2 heterocycles. The zero-order valence-electron chi connectivity index (χ0n) is 17.0. The maximum absolute atomic E-state index is 12.7. The molecule has 0 atom stereocenters. The Labute approximate surface area is 176 Å². The van der Waals surface area contributed by atoms with Gasteiger partial charge in [-0.2, -0.15) is 13.2 Å². The summed E-state index contributed by atoms with van der Waals surface area (Å²) >= 11 is 1.32. The molecule has 2 aromatic heterocycles. The van der Waals surface area contributed by atoms with Gasteiger partial charge in [-0.3, -0.25) is 9.79 Å². The van der Waals surface area contributed by atoms with Crippen LogP contribution in [0.2, 0.25) is 0 Å². The van der Waals surface area contributed by atoms with Crippen molar-refractivity contribution in [1.29, 1.82) is 0 Å². The second-order valence-corrected chi connectivity index (χ2v) is 8.03. The van der Waals surface area contributed by atoms with Gasteiger partial charge in [0.25, 0.3) is 0 Å². The van der Waals surface area contributed by atoms with Crippen molar-refractivity contribution in [1.82, 2.24) is 4.98 Å². The van der Waals surface area contributed by atoms with E-state index in [9.17, 15) is 18.0 Å². The first-order valence-corrected chi connectivity index (χ1v) is 9.93. The molecule has 0 aliphatic rings. The van der Waals surface area contributed by atoms with Crippen LogP contribution < -0.4 is 10.2 Å². The highest BCUT2D eigenvalue weighted by atomic mass is 32.1. The number of aryl methyl sites for hydroxylation is 1. The summed E-state index contributed by atoms with van der Waals surface area (Å²) in [5, 5.41) is 3.92. The number of carbonyl (C=O) groups is 1. The maximum Gasteiger partial charge on any atom is 0.416 e. The highest BCUT2D eigenvalue weighted by molar-refractivity contribution is 7.21. The number of aromatic nitrogens is 1. The number of thiophene rings is 1. The molecule has 30 heavy (non-hydrogen) atoms. The number of nitrogens with one attached hydrogen (secondary N) is 1. The smallest absolute Gasteiger partial charge is 0.377 e. The number of hydrogen-bond acceptors (Lipinski definition) is 5. The third kappa shape index (κ3) is 4.62. The van der Waals surface area contributed by atoms with Gasteiger partial charge in [0.1, 0.15) is 4.83 Å². The van der Waals surface area contributed by atoms with E-state index in [1.165, 1.54) is 36.7 Å². The summed E-state index contributed by atoms with van der Waals surface area (Å²) in [5.41, 5.74) is 2.37. The predicted octanol–water partition coefficient (Wildman–Crippen LogP) is 5.53. The molecule has 0 amide bonds. The molecule has 158 valence electrons. The lowest BCUT2D eigenvalue weighted by Gasteiger charge is -2.15. The van der Waals surface area contributed by atoms with Gasteiger partial charge in [0.05, 0.1) is 40.1 Å². The van der Waals surface area contributed by atoms with Crippen LogP contribution in [0.1, 0.15) is 33.4 Å². The van der Waals surface area contributed by atoms with E-state index in [-0.39, 0.29) is 12.3 Å². The average Bonchev–Trinajstić information content (AvgIpc) is 3.02. The van der Waals surface area contributed by atoms with Crippen molar-refractivity contribution >= 4 is 45.0 Å². The Morgan fingerprint density at radius 1 is 1.27 bits per heavy atom. The summed E-state index contributed by atoms with van der Waals surface area (Å²) in [6.45, 7) is 3.61. The summed E-state index contributed by atoms with van der Waals surface area (Å²) in [6.07, 6.45) is -2.89. The fourth-order valence-electron chi connectivity index (χ4n) is 3.00. The van der Waals surface area contributed by atoms with Gasteiger partial charge in [-0.05, 0) is 30.7 Å². The number of ketones is 1. The molecule has 0 unspecified atom stereocenters. The Morgan fingerprint density at radius 2 is 1.93 bits per heavy atom. The van der Waals surface area contributed by atoms with Crippen LogP contribution in [-0.4, -0.2) is 31.2 Å². The standard InChI is InChI=1S/C21H21F3N4OS/c1-12-9-16(28(3)4)17-18(19(13(2)29)30-20(17)27-12)26-11-25-10-14-5-7-15(8-6-14)21(22,23)24/h5-9,11H,10H2,1-4H3,(H,25,26). The number of rotatable bonds is 6. The molecule has 5 nitrogen and oxygen atoms in total. The lowest BCUT2D eigenvalue weighted by atomic mass is 10.1. The third-order valence-corrected chi connectivity index (χ3v) is 5.61. The van der Waals surface area contributed by atoms with E-state index in [1.807, 2.05) is 32.0 Å². The molecule has 0 saturated carbocycles. The Morgan fingerprint density at radius 3 is 2.50 bits per heavy atom. The minimum absolute atomic E-state index is 0.0843. The van der Waals surface area contributed by atoms with E-state index in [1.54, 1.807) is 0 Å². The SMILES string of the molecule is CC(=O)c1sc2nc(C)cc(N(C)C)c2c1NC=NCc1ccc(C(F)(F)F)cc1. The van der Waals surface area contributed by atoms with Crippen LogP contribution in [0.25, 0.3) is 10.2 Å². The minimum Gasteiger partial charge on any atom is -0.377 e. The zero-order valence-corrected chi connectivity index (χ0v) is 17.8. The number of pyridine rings is 1. The van der Waals surface area contributed by atoms with Crippen LogP contribution in [0.15, 0.2) is 35.3 Å². The first-order valence-electron chi connectivity index (χ1n) is 9.11. The Balaban J connectivity index is 1.86. The summed E-state index contributed by atoms with van der Waals surface area (Å²) in [5.74, 6) is -0.0843. The molecule has 0 aliphatic carbocycles. The quantitative estimate of drug-likeness (QED) is 0.315. The summed E-state index contributed by atoms with van der Waals surface area (Å²) < 4.78 is 38.0. The molecule has 3 rings (SSSR count). The van der Waals surface area contributed by atoms with Gasteiger partial charge >= 0.3 is 6.18 Å². The van der Waals surface area contributed by atoms with E-state index >= 15 is 0 Å². The first-order chi connectivity index (χ1) is 14.1. The van der Waals surface area contributed by atoms with E-state index in [0.29, 0.717) is 16.1 Å². The Bertz CT molecular complexity index is 1100. The third-order valence-electron chi connectivity index (χ3n) is 4.43. The number of aliphatic imine (C=N–C) groups is 1. The molecule has 3 aromatic rings. The molecule has 0 bridgehead atoms. The average molecular weight is 434 g/mol. The van der Waals surface area contributed by atoms with Crippen molar-refractivity contribution in [2.24, 2.45) is 4.99 Å². The van der Waals surface area contributed by atoms with Crippen molar-refractivity contribution < 1.29 is 18.0 Å². The molecular weight excluding hydrogens is 413 g/mol. The number of alkyl halides is 3. The van der Waals surface area contributed by atoms with Gasteiger partial charge in [-0.25, -0.2) is 4.98 Å². The number of carbonyl (C=O) groups excluding carboxylic acids is 1. The predicted molar refractivity (Wildman–Crippen MR) is 116 cm³/mol. The first kappa shape index (κ1) is 21.8.